The Morgan fingerprint density at radius 3 is 2.95 bits per heavy atom. The molecule has 0 aromatic heterocycles. The predicted molar refractivity (Wildman–Crippen MR) is 83.9 cm³/mol. The van der Waals surface area contributed by atoms with Crippen LogP contribution in [0.15, 0.2) is 23.1 Å². The average molecular weight is 295 g/mol. The van der Waals surface area contributed by atoms with Gasteiger partial charge in [0.1, 0.15) is 11.0 Å². The fourth-order valence-electron chi connectivity index (χ4n) is 2.29. The SMILES string of the molecule is CSc1cccc(N2CCNC(=O)C2C)c1C(N)=S. The number of thiocarbonyl (C=S) groups is 1. The fraction of sp³-hybridized carbons (Fsp3) is 0.385. The summed E-state index contributed by atoms with van der Waals surface area (Å²) in [5, 5.41) is 2.86. The van der Waals surface area contributed by atoms with E-state index in [-0.39, 0.29) is 11.9 Å². The molecule has 1 saturated heterocycles. The van der Waals surface area contributed by atoms with Crippen LogP contribution in [0.4, 0.5) is 5.69 Å². The molecule has 1 aromatic carbocycles. The Morgan fingerprint density at radius 2 is 2.32 bits per heavy atom. The van der Waals surface area contributed by atoms with Crippen molar-refractivity contribution in [2.24, 2.45) is 5.73 Å². The highest BCUT2D eigenvalue weighted by Gasteiger charge is 2.28. The van der Waals surface area contributed by atoms with E-state index in [1.807, 2.05) is 31.4 Å². The Morgan fingerprint density at radius 1 is 1.58 bits per heavy atom. The zero-order valence-electron chi connectivity index (χ0n) is 11.0. The van der Waals surface area contributed by atoms with Crippen LogP contribution in [0.5, 0.6) is 0 Å². The van der Waals surface area contributed by atoms with Gasteiger partial charge in [0.2, 0.25) is 5.91 Å². The van der Waals surface area contributed by atoms with E-state index in [0.717, 1.165) is 22.7 Å². The van der Waals surface area contributed by atoms with Crippen molar-refractivity contribution in [3.8, 4) is 0 Å². The highest BCUT2D eigenvalue weighted by Crippen LogP contribution is 2.31. The van der Waals surface area contributed by atoms with Crippen LogP contribution in [0.3, 0.4) is 0 Å². The molecule has 1 amide bonds. The van der Waals surface area contributed by atoms with Crippen LogP contribution >= 0.6 is 24.0 Å². The molecular weight excluding hydrogens is 278 g/mol. The standard InChI is InChI=1S/C13H17N3OS2/c1-8-13(17)15-6-7-16(8)9-4-3-5-10(19-2)11(9)12(14)18/h3-5,8H,6-7H2,1-2H3,(H2,14,18)(H,15,17). The van der Waals surface area contributed by atoms with E-state index in [2.05, 4.69) is 10.2 Å². The number of rotatable bonds is 3. The van der Waals surface area contributed by atoms with Crippen LogP contribution in [0.2, 0.25) is 0 Å². The van der Waals surface area contributed by atoms with Crippen LogP contribution < -0.4 is 16.0 Å². The van der Waals surface area contributed by atoms with Gasteiger partial charge in [0.05, 0.1) is 0 Å². The molecule has 0 bridgehead atoms. The van der Waals surface area contributed by atoms with Crippen LogP contribution in [0.1, 0.15) is 12.5 Å². The summed E-state index contributed by atoms with van der Waals surface area (Å²) in [6.07, 6.45) is 1.99. The highest BCUT2D eigenvalue weighted by molar-refractivity contribution is 7.98. The molecule has 3 N–H and O–H groups in total. The van der Waals surface area contributed by atoms with Crippen molar-refractivity contribution in [2.45, 2.75) is 17.9 Å². The van der Waals surface area contributed by atoms with E-state index >= 15 is 0 Å². The summed E-state index contributed by atoms with van der Waals surface area (Å²) in [5.74, 6) is 0.0368. The van der Waals surface area contributed by atoms with Gasteiger partial charge < -0.3 is 16.0 Å². The molecule has 1 aliphatic heterocycles. The maximum absolute atomic E-state index is 11.8. The lowest BCUT2D eigenvalue weighted by Crippen LogP contribution is -2.54. The number of carbonyl (C=O) groups excluding carboxylic acids is 1. The number of piperazine rings is 1. The Hall–Kier alpha value is -1.27. The molecule has 4 nitrogen and oxygen atoms in total. The van der Waals surface area contributed by atoms with Crippen molar-refractivity contribution in [1.82, 2.24) is 5.32 Å². The second-order valence-corrected chi connectivity index (χ2v) is 5.67. The van der Waals surface area contributed by atoms with Crippen LogP contribution in [-0.2, 0) is 4.79 Å². The maximum atomic E-state index is 11.8. The van der Waals surface area contributed by atoms with Crippen molar-refractivity contribution in [3.63, 3.8) is 0 Å². The molecule has 0 aliphatic carbocycles. The molecule has 0 saturated carbocycles. The molecule has 19 heavy (non-hydrogen) atoms. The summed E-state index contributed by atoms with van der Waals surface area (Å²) >= 11 is 6.79. The first kappa shape index (κ1) is 14.1. The van der Waals surface area contributed by atoms with E-state index < -0.39 is 0 Å². The highest BCUT2D eigenvalue weighted by atomic mass is 32.2. The van der Waals surface area contributed by atoms with Crippen LogP contribution in [0.25, 0.3) is 0 Å². The lowest BCUT2D eigenvalue weighted by atomic mass is 10.1. The van der Waals surface area contributed by atoms with Crippen molar-refractivity contribution in [1.29, 1.82) is 0 Å². The number of nitrogens with zero attached hydrogens (tertiary/aromatic N) is 1. The average Bonchev–Trinajstić information content (AvgIpc) is 2.40. The third kappa shape index (κ3) is 2.69. The molecule has 1 unspecified atom stereocenters. The van der Waals surface area contributed by atoms with E-state index in [1.54, 1.807) is 11.8 Å². The largest absolute Gasteiger partial charge is 0.389 e. The molecule has 1 heterocycles. The number of carbonyl (C=O) groups is 1. The molecule has 1 aliphatic rings. The Labute approximate surface area is 122 Å². The van der Waals surface area contributed by atoms with Gasteiger partial charge >= 0.3 is 0 Å². The maximum Gasteiger partial charge on any atom is 0.242 e. The van der Waals surface area contributed by atoms with Crippen LogP contribution in [-0.4, -0.2) is 36.3 Å². The Kier molecular flexibility index (Phi) is 4.31. The first-order valence-corrected chi connectivity index (χ1v) is 7.70. The number of benzene rings is 1. The summed E-state index contributed by atoms with van der Waals surface area (Å²) in [6, 6.07) is 5.74. The van der Waals surface area contributed by atoms with Crippen LogP contribution in [0, 0.1) is 0 Å². The first-order valence-electron chi connectivity index (χ1n) is 6.07. The summed E-state index contributed by atoms with van der Waals surface area (Å²) in [5.41, 5.74) is 7.68. The lowest BCUT2D eigenvalue weighted by Gasteiger charge is -2.36. The summed E-state index contributed by atoms with van der Waals surface area (Å²) in [6.45, 7) is 3.30. The van der Waals surface area contributed by atoms with E-state index in [9.17, 15) is 4.79 Å². The van der Waals surface area contributed by atoms with Gasteiger partial charge in [-0.1, -0.05) is 18.3 Å². The zero-order chi connectivity index (χ0) is 14.0. The second kappa shape index (κ2) is 5.79. The van der Waals surface area contributed by atoms with Gasteiger partial charge in [-0.25, -0.2) is 0 Å². The number of thioether (sulfide) groups is 1. The van der Waals surface area contributed by atoms with Crippen molar-refractivity contribution in [2.75, 3.05) is 24.2 Å². The number of hydrogen-bond acceptors (Lipinski definition) is 4. The number of anilines is 1. The quantitative estimate of drug-likeness (QED) is 0.651. The molecule has 2 rings (SSSR count). The minimum absolute atomic E-state index is 0.0368. The summed E-state index contributed by atoms with van der Waals surface area (Å²) in [7, 11) is 0. The number of nitrogens with one attached hydrogen (secondary N) is 1. The summed E-state index contributed by atoms with van der Waals surface area (Å²) in [4.78, 5) is 15.3. The van der Waals surface area contributed by atoms with Crippen molar-refractivity contribution in [3.05, 3.63) is 23.8 Å². The first-order chi connectivity index (χ1) is 9.06. The normalized spacial score (nSPS) is 19.2. The van der Waals surface area contributed by atoms with E-state index in [1.165, 1.54) is 0 Å². The third-order valence-electron chi connectivity index (χ3n) is 3.28. The van der Waals surface area contributed by atoms with Gasteiger partial charge in [0.15, 0.2) is 0 Å². The van der Waals surface area contributed by atoms with Gasteiger partial charge in [-0.15, -0.1) is 11.8 Å². The zero-order valence-corrected chi connectivity index (χ0v) is 12.6. The van der Waals surface area contributed by atoms with Gasteiger partial charge in [-0.2, -0.15) is 0 Å². The third-order valence-corrected chi connectivity index (χ3v) is 4.26. The topological polar surface area (TPSA) is 58.4 Å². The fourth-order valence-corrected chi connectivity index (χ4v) is 3.20. The van der Waals surface area contributed by atoms with Crippen molar-refractivity contribution >= 4 is 40.6 Å². The molecule has 1 atom stereocenters. The van der Waals surface area contributed by atoms with E-state index in [4.69, 9.17) is 18.0 Å². The Bertz CT molecular complexity index is 519. The lowest BCUT2D eigenvalue weighted by molar-refractivity contribution is -0.122. The minimum Gasteiger partial charge on any atom is -0.389 e. The second-order valence-electron chi connectivity index (χ2n) is 4.38. The molecule has 1 aromatic rings. The monoisotopic (exact) mass is 295 g/mol. The van der Waals surface area contributed by atoms with Gasteiger partial charge in [0.25, 0.3) is 0 Å². The molecule has 1 fully saturated rings. The minimum atomic E-state index is -0.209. The Balaban J connectivity index is 2.49. The predicted octanol–water partition coefficient (Wildman–Crippen LogP) is 1.37. The summed E-state index contributed by atoms with van der Waals surface area (Å²) < 4.78 is 0. The molecular formula is C13H17N3OS2. The molecule has 6 heteroatoms. The van der Waals surface area contributed by atoms with Gasteiger partial charge in [-0.05, 0) is 25.3 Å². The van der Waals surface area contributed by atoms with Gasteiger partial charge in [0, 0.05) is 29.2 Å². The van der Waals surface area contributed by atoms with Gasteiger partial charge in [-0.3, -0.25) is 4.79 Å². The smallest absolute Gasteiger partial charge is 0.242 e. The van der Waals surface area contributed by atoms with E-state index in [0.29, 0.717) is 11.5 Å². The molecule has 0 spiro atoms. The number of amides is 1. The van der Waals surface area contributed by atoms with Crippen molar-refractivity contribution < 1.29 is 4.79 Å². The number of hydrogen-bond donors (Lipinski definition) is 2. The number of nitrogens with two attached hydrogens (primary N) is 1. The molecule has 102 valence electrons. The molecule has 0 radical (unpaired) electrons.